The van der Waals surface area contributed by atoms with E-state index in [0.717, 1.165) is 5.56 Å². The second-order valence-electron chi connectivity index (χ2n) is 3.22. The summed E-state index contributed by atoms with van der Waals surface area (Å²) in [5.41, 5.74) is 1.14. The van der Waals surface area contributed by atoms with Gasteiger partial charge in [0.2, 0.25) is 0 Å². The van der Waals surface area contributed by atoms with Crippen LogP contribution in [0.4, 0.5) is 0 Å². The molecule has 0 saturated carbocycles. The predicted molar refractivity (Wildman–Crippen MR) is 51.4 cm³/mol. The van der Waals surface area contributed by atoms with E-state index in [1.54, 1.807) is 0 Å². The zero-order valence-corrected chi connectivity index (χ0v) is 7.73. The van der Waals surface area contributed by atoms with Crippen LogP contribution in [0.1, 0.15) is 12.5 Å². The molecule has 0 spiro atoms. The summed E-state index contributed by atoms with van der Waals surface area (Å²) in [5.74, 6) is -0.184. The summed E-state index contributed by atoms with van der Waals surface area (Å²) in [6.45, 7) is 1.49. The fourth-order valence-corrected chi connectivity index (χ4v) is 1.24. The molecular weight excluding hydrogens is 164 g/mol. The lowest BCUT2D eigenvalue weighted by atomic mass is 9.98. The first kappa shape index (κ1) is 9.93. The van der Waals surface area contributed by atoms with Crippen LogP contribution in [-0.2, 0) is 11.2 Å². The molecule has 0 aromatic heterocycles. The summed E-state index contributed by atoms with van der Waals surface area (Å²) >= 11 is 0. The van der Waals surface area contributed by atoms with Crippen LogP contribution in [0.3, 0.4) is 0 Å². The van der Waals surface area contributed by atoms with Crippen molar-refractivity contribution in [2.45, 2.75) is 13.3 Å². The van der Waals surface area contributed by atoms with Crippen LogP contribution >= 0.6 is 0 Å². The summed E-state index contributed by atoms with van der Waals surface area (Å²) in [6.07, 6.45) is 0.709. The summed E-state index contributed by atoms with van der Waals surface area (Å²) in [5, 5.41) is 8.63. The van der Waals surface area contributed by atoms with E-state index in [9.17, 15) is 4.79 Å². The number of hydrogen-bond acceptors (Lipinski definition) is 2. The molecule has 1 N–H and O–H groups in total. The van der Waals surface area contributed by atoms with E-state index in [1.165, 1.54) is 0 Å². The number of benzene rings is 1. The van der Waals surface area contributed by atoms with Gasteiger partial charge < -0.3 is 5.11 Å². The van der Waals surface area contributed by atoms with Gasteiger partial charge in [0, 0.05) is 5.92 Å². The van der Waals surface area contributed by atoms with Crippen LogP contribution in [0, 0.1) is 5.92 Å². The number of aliphatic hydroxyl groups excluding tert-OH is 1. The predicted octanol–water partition coefficient (Wildman–Crippen LogP) is 1.43. The smallest absolute Gasteiger partial charge is 0.161 e. The molecule has 0 bridgehead atoms. The molecule has 1 aromatic rings. The van der Waals surface area contributed by atoms with Gasteiger partial charge in [0.05, 0.1) is 0 Å². The number of aliphatic hydroxyl groups is 1. The lowest BCUT2D eigenvalue weighted by Crippen LogP contribution is -2.16. The molecule has 0 heterocycles. The molecule has 0 unspecified atom stereocenters. The van der Waals surface area contributed by atoms with Gasteiger partial charge >= 0.3 is 0 Å². The third-order valence-electron chi connectivity index (χ3n) is 2.09. The van der Waals surface area contributed by atoms with Crippen LogP contribution in [0.15, 0.2) is 30.3 Å². The Balaban J connectivity index is 2.55. The van der Waals surface area contributed by atoms with Crippen molar-refractivity contribution in [2.24, 2.45) is 5.92 Å². The number of carbonyl (C=O) groups is 1. The van der Waals surface area contributed by atoms with Crippen LogP contribution in [0.25, 0.3) is 0 Å². The minimum Gasteiger partial charge on any atom is -0.389 e. The topological polar surface area (TPSA) is 37.3 Å². The van der Waals surface area contributed by atoms with E-state index in [1.807, 2.05) is 37.3 Å². The van der Waals surface area contributed by atoms with E-state index < -0.39 is 0 Å². The molecule has 0 fully saturated rings. The summed E-state index contributed by atoms with van der Waals surface area (Å²) < 4.78 is 0. The molecule has 2 nitrogen and oxygen atoms in total. The Kier molecular flexibility index (Phi) is 3.65. The van der Waals surface area contributed by atoms with Gasteiger partial charge in [-0.25, -0.2) is 0 Å². The highest BCUT2D eigenvalue weighted by atomic mass is 16.3. The van der Waals surface area contributed by atoms with Gasteiger partial charge in [0.15, 0.2) is 5.78 Å². The summed E-state index contributed by atoms with van der Waals surface area (Å²) in [6, 6.07) is 9.82. The molecular formula is C11H14O2. The van der Waals surface area contributed by atoms with E-state index in [2.05, 4.69) is 0 Å². The zero-order chi connectivity index (χ0) is 9.68. The molecule has 1 atom stereocenters. The average Bonchev–Trinajstić information content (AvgIpc) is 2.18. The van der Waals surface area contributed by atoms with E-state index in [-0.39, 0.29) is 18.3 Å². The summed E-state index contributed by atoms with van der Waals surface area (Å²) in [4.78, 5) is 11.1. The highest BCUT2D eigenvalue weighted by Gasteiger charge is 2.11. The Bertz CT molecular complexity index is 267. The fourth-order valence-electron chi connectivity index (χ4n) is 1.24. The zero-order valence-electron chi connectivity index (χ0n) is 7.73. The molecule has 1 rings (SSSR count). The van der Waals surface area contributed by atoms with Gasteiger partial charge in [-0.05, 0) is 12.0 Å². The number of ketones is 1. The standard InChI is InChI=1S/C11H14O2/c1-9(11(13)8-12)7-10-5-3-2-4-6-10/h2-6,9,12H,7-8H2,1H3/t9-/m1/s1. The Morgan fingerprint density at radius 3 is 2.54 bits per heavy atom. The van der Waals surface area contributed by atoms with Crippen LogP contribution < -0.4 is 0 Å². The van der Waals surface area contributed by atoms with Gasteiger partial charge in [-0.3, -0.25) is 4.79 Å². The number of rotatable bonds is 4. The quantitative estimate of drug-likeness (QED) is 0.757. The summed E-state index contributed by atoms with van der Waals surface area (Å²) in [7, 11) is 0. The lowest BCUT2D eigenvalue weighted by molar-refractivity contribution is -0.125. The molecule has 1 aromatic carbocycles. The minimum atomic E-state index is -0.353. The molecule has 0 aliphatic heterocycles. The van der Waals surface area contributed by atoms with Crippen LogP contribution in [-0.4, -0.2) is 17.5 Å². The van der Waals surface area contributed by atoms with Gasteiger partial charge in [0.1, 0.15) is 6.61 Å². The highest BCUT2D eigenvalue weighted by molar-refractivity contribution is 5.81. The number of carbonyl (C=O) groups excluding carboxylic acids is 1. The van der Waals surface area contributed by atoms with Crippen molar-refractivity contribution in [3.8, 4) is 0 Å². The fraction of sp³-hybridized carbons (Fsp3) is 0.364. The maximum Gasteiger partial charge on any atom is 0.161 e. The van der Waals surface area contributed by atoms with Crippen LogP contribution in [0.5, 0.6) is 0 Å². The van der Waals surface area contributed by atoms with Gasteiger partial charge in [-0.1, -0.05) is 37.3 Å². The Morgan fingerprint density at radius 1 is 1.38 bits per heavy atom. The van der Waals surface area contributed by atoms with Crippen molar-refractivity contribution in [3.63, 3.8) is 0 Å². The van der Waals surface area contributed by atoms with Crippen molar-refractivity contribution in [1.82, 2.24) is 0 Å². The minimum absolute atomic E-state index is 0.0904. The number of Topliss-reactive ketones (excluding diaryl/α,β-unsaturated/α-hetero) is 1. The molecule has 70 valence electrons. The van der Waals surface area contributed by atoms with Gasteiger partial charge in [-0.15, -0.1) is 0 Å². The SMILES string of the molecule is C[C@H](Cc1ccccc1)C(=O)CO. The molecule has 2 heteroatoms. The van der Waals surface area contributed by atoms with Crippen molar-refractivity contribution in [2.75, 3.05) is 6.61 Å². The molecule has 0 aliphatic rings. The first-order valence-electron chi connectivity index (χ1n) is 4.41. The average molecular weight is 178 g/mol. The van der Waals surface area contributed by atoms with E-state index in [0.29, 0.717) is 6.42 Å². The maximum absolute atomic E-state index is 11.1. The van der Waals surface area contributed by atoms with Crippen molar-refractivity contribution >= 4 is 5.78 Å². The normalized spacial score (nSPS) is 12.5. The van der Waals surface area contributed by atoms with Gasteiger partial charge in [-0.2, -0.15) is 0 Å². The third kappa shape index (κ3) is 2.99. The first-order valence-corrected chi connectivity index (χ1v) is 4.41. The molecule has 13 heavy (non-hydrogen) atoms. The first-order chi connectivity index (χ1) is 6.24. The number of hydrogen-bond donors (Lipinski definition) is 1. The molecule has 0 amide bonds. The second-order valence-corrected chi connectivity index (χ2v) is 3.22. The largest absolute Gasteiger partial charge is 0.389 e. The van der Waals surface area contributed by atoms with Crippen molar-refractivity contribution in [3.05, 3.63) is 35.9 Å². The molecule has 0 radical (unpaired) electrons. The maximum atomic E-state index is 11.1. The second kappa shape index (κ2) is 4.77. The van der Waals surface area contributed by atoms with Gasteiger partial charge in [0.25, 0.3) is 0 Å². The Morgan fingerprint density at radius 2 is 2.00 bits per heavy atom. The van der Waals surface area contributed by atoms with Crippen molar-refractivity contribution < 1.29 is 9.90 Å². The van der Waals surface area contributed by atoms with Crippen LogP contribution in [0.2, 0.25) is 0 Å². The highest BCUT2D eigenvalue weighted by Crippen LogP contribution is 2.08. The lowest BCUT2D eigenvalue weighted by Gasteiger charge is -2.07. The molecule has 0 saturated heterocycles. The van der Waals surface area contributed by atoms with E-state index >= 15 is 0 Å². The third-order valence-corrected chi connectivity index (χ3v) is 2.09. The monoisotopic (exact) mass is 178 g/mol. The Hall–Kier alpha value is -1.15. The van der Waals surface area contributed by atoms with Crippen molar-refractivity contribution in [1.29, 1.82) is 0 Å². The van der Waals surface area contributed by atoms with E-state index in [4.69, 9.17) is 5.11 Å². The molecule has 0 aliphatic carbocycles. The Labute approximate surface area is 78.2 Å².